The molecule has 6 nitrogen and oxygen atoms in total. The predicted octanol–water partition coefficient (Wildman–Crippen LogP) is 4.72. The van der Waals surface area contributed by atoms with Gasteiger partial charge in [0.2, 0.25) is 0 Å². The van der Waals surface area contributed by atoms with E-state index in [0.717, 1.165) is 10.8 Å². The molecule has 0 radical (unpaired) electrons. The molecule has 0 saturated carbocycles. The molecule has 0 aliphatic rings. The lowest BCUT2D eigenvalue weighted by molar-refractivity contribution is 0.0687. The second-order valence-electron chi connectivity index (χ2n) is 7.21. The smallest absolute Gasteiger partial charge is 0.353 e. The normalized spacial score (nSPS) is 11.3. The Labute approximate surface area is 176 Å². The molecular weight excluding hydrogens is 395 g/mol. The van der Waals surface area contributed by atoms with Crippen LogP contribution in [0.25, 0.3) is 32.8 Å². The molecule has 0 atom stereocenters. The highest BCUT2D eigenvalue weighted by atomic mass is 19.1. The Morgan fingerprint density at radius 2 is 1.81 bits per heavy atom. The molecule has 0 fully saturated rings. The summed E-state index contributed by atoms with van der Waals surface area (Å²) < 4.78 is 16.5. The number of hydrogen-bond acceptors (Lipinski definition) is 4. The number of fused-ring (bicyclic) bond motifs is 3. The zero-order valence-electron chi connectivity index (χ0n) is 16.3. The van der Waals surface area contributed by atoms with Crippen molar-refractivity contribution < 1.29 is 14.3 Å². The van der Waals surface area contributed by atoms with Gasteiger partial charge in [0.1, 0.15) is 23.7 Å². The molecule has 0 saturated heterocycles. The maximum Gasteiger partial charge on any atom is 0.353 e. The van der Waals surface area contributed by atoms with Crippen molar-refractivity contribution in [1.82, 2.24) is 14.5 Å². The average Bonchev–Trinajstić information content (AvgIpc) is 3.09. The van der Waals surface area contributed by atoms with Crippen molar-refractivity contribution in [2.45, 2.75) is 6.54 Å². The van der Waals surface area contributed by atoms with Crippen LogP contribution in [0.4, 0.5) is 10.2 Å². The van der Waals surface area contributed by atoms with E-state index in [1.165, 1.54) is 12.4 Å². The lowest BCUT2D eigenvalue weighted by Crippen LogP contribution is -2.12. The number of rotatable bonds is 4. The molecule has 152 valence electrons. The number of hydrogen-bond donors (Lipinski definition) is 2. The summed E-state index contributed by atoms with van der Waals surface area (Å²) in [5, 5.41) is 12.7. The van der Waals surface area contributed by atoms with Gasteiger partial charge < -0.3 is 15.4 Å². The Kier molecular flexibility index (Phi) is 4.36. The van der Waals surface area contributed by atoms with Gasteiger partial charge in [-0.25, -0.2) is 19.2 Å². The van der Waals surface area contributed by atoms with E-state index < -0.39 is 11.8 Å². The number of aromatic nitrogens is 3. The van der Waals surface area contributed by atoms with Crippen molar-refractivity contribution >= 4 is 33.5 Å². The molecule has 0 spiro atoms. The van der Waals surface area contributed by atoms with Gasteiger partial charge in [-0.05, 0) is 22.9 Å². The largest absolute Gasteiger partial charge is 0.477 e. The van der Waals surface area contributed by atoms with E-state index in [1.54, 1.807) is 28.8 Å². The summed E-state index contributed by atoms with van der Waals surface area (Å²) in [6.45, 7) is 0.150. The maximum atomic E-state index is 14.9. The topological polar surface area (TPSA) is 94.0 Å². The summed E-state index contributed by atoms with van der Waals surface area (Å²) in [5.41, 5.74) is 7.59. The predicted molar refractivity (Wildman–Crippen MR) is 117 cm³/mol. The van der Waals surface area contributed by atoms with Crippen LogP contribution in [0.15, 0.2) is 73.1 Å². The zero-order valence-corrected chi connectivity index (χ0v) is 16.3. The summed E-state index contributed by atoms with van der Waals surface area (Å²) in [6, 6.07) is 19.3. The molecule has 5 aromatic rings. The van der Waals surface area contributed by atoms with Gasteiger partial charge in [0.25, 0.3) is 0 Å². The van der Waals surface area contributed by atoms with Crippen molar-refractivity contribution in [3.05, 3.63) is 90.3 Å². The summed E-state index contributed by atoms with van der Waals surface area (Å²) in [5.74, 6) is -1.35. The third kappa shape index (κ3) is 3.07. The fraction of sp³-hybridized carbons (Fsp3) is 0.0417. The molecule has 7 heteroatoms. The molecule has 2 aromatic heterocycles. The summed E-state index contributed by atoms with van der Waals surface area (Å²) in [7, 11) is 0. The van der Waals surface area contributed by atoms with Crippen molar-refractivity contribution in [2.75, 3.05) is 5.73 Å². The van der Waals surface area contributed by atoms with Gasteiger partial charge in [0.15, 0.2) is 0 Å². The SMILES string of the molecule is Nc1cc(Cn2c(C(=O)O)c(-c3ccccc3F)c3c4ccccc4ccc32)ncn1. The molecule has 3 aromatic carbocycles. The number of aromatic carboxylic acids is 1. The minimum absolute atomic E-state index is 0.00589. The van der Waals surface area contributed by atoms with E-state index >= 15 is 0 Å². The highest BCUT2D eigenvalue weighted by Gasteiger charge is 2.26. The molecule has 5 rings (SSSR count). The molecule has 31 heavy (non-hydrogen) atoms. The highest BCUT2D eigenvalue weighted by molar-refractivity contribution is 6.18. The Morgan fingerprint density at radius 3 is 2.58 bits per heavy atom. The molecule has 0 amide bonds. The first-order valence-electron chi connectivity index (χ1n) is 9.63. The number of halogens is 1. The maximum absolute atomic E-state index is 14.9. The standard InChI is InChI=1S/C24H17FN4O2/c25-18-8-4-3-7-17(18)22-21-16-6-2-1-5-14(16)9-10-19(21)29(23(22)24(30)31)12-15-11-20(26)28-13-27-15/h1-11,13H,12H2,(H,30,31)(H2,26,27,28). The van der Waals surface area contributed by atoms with Gasteiger partial charge in [0, 0.05) is 22.6 Å². The number of nitrogens with two attached hydrogens (primary N) is 1. The van der Waals surface area contributed by atoms with Gasteiger partial charge in [-0.3, -0.25) is 0 Å². The third-order valence-electron chi connectivity index (χ3n) is 5.37. The number of benzene rings is 3. The molecular formula is C24H17FN4O2. The van der Waals surface area contributed by atoms with Crippen molar-refractivity contribution in [3.63, 3.8) is 0 Å². The second kappa shape index (κ2) is 7.21. The summed E-state index contributed by atoms with van der Waals surface area (Å²) in [6.07, 6.45) is 1.34. The highest BCUT2D eigenvalue weighted by Crippen LogP contribution is 2.40. The Balaban J connectivity index is 1.93. The lowest BCUT2D eigenvalue weighted by Gasteiger charge is -2.09. The first-order valence-corrected chi connectivity index (χ1v) is 9.63. The second-order valence-corrected chi connectivity index (χ2v) is 7.21. The van der Waals surface area contributed by atoms with Crippen LogP contribution >= 0.6 is 0 Å². The average molecular weight is 412 g/mol. The van der Waals surface area contributed by atoms with Crippen molar-refractivity contribution in [2.24, 2.45) is 0 Å². The van der Waals surface area contributed by atoms with E-state index in [0.29, 0.717) is 22.2 Å². The van der Waals surface area contributed by atoms with E-state index in [1.807, 2.05) is 36.4 Å². The Hall–Kier alpha value is -4.26. The Bertz CT molecular complexity index is 1480. The Morgan fingerprint density at radius 1 is 1.03 bits per heavy atom. The number of carbonyl (C=O) groups is 1. The number of nitrogens with zero attached hydrogens (tertiary/aromatic N) is 3. The van der Waals surface area contributed by atoms with Crippen LogP contribution in [-0.2, 0) is 6.54 Å². The third-order valence-corrected chi connectivity index (χ3v) is 5.37. The van der Waals surface area contributed by atoms with Gasteiger partial charge in [-0.15, -0.1) is 0 Å². The van der Waals surface area contributed by atoms with Gasteiger partial charge in [-0.2, -0.15) is 0 Å². The van der Waals surface area contributed by atoms with Crippen LogP contribution < -0.4 is 5.73 Å². The van der Waals surface area contributed by atoms with Gasteiger partial charge >= 0.3 is 5.97 Å². The molecule has 0 aliphatic heterocycles. The van der Waals surface area contributed by atoms with Crippen LogP contribution in [0.3, 0.4) is 0 Å². The first kappa shape index (κ1) is 18.7. The van der Waals surface area contributed by atoms with Gasteiger partial charge in [-0.1, -0.05) is 48.5 Å². The summed E-state index contributed by atoms with van der Waals surface area (Å²) in [4.78, 5) is 20.6. The van der Waals surface area contributed by atoms with Crippen LogP contribution in [0.2, 0.25) is 0 Å². The number of anilines is 1. The minimum atomic E-state index is -1.15. The van der Waals surface area contributed by atoms with E-state index in [4.69, 9.17) is 5.73 Å². The summed E-state index contributed by atoms with van der Waals surface area (Å²) >= 11 is 0. The quantitative estimate of drug-likeness (QED) is 0.445. The lowest BCUT2D eigenvalue weighted by atomic mass is 9.97. The molecule has 0 unspecified atom stereocenters. The van der Waals surface area contributed by atoms with Crippen molar-refractivity contribution in [1.29, 1.82) is 0 Å². The zero-order chi connectivity index (χ0) is 21.5. The van der Waals surface area contributed by atoms with E-state index in [-0.39, 0.29) is 23.6 Å². The molecule has 3 N–H and O–H groups in total. The first-order chi connectivity index (χ1) is 15.0. The fourth-order valence-electron chi connectivity index (χ4n) is 4.10. The van der Waals surface area contributed by atoms with Crippen LogP contribution in [0.5, 0.6) is 0 Å². The number of nitrogen functional groups attached to an aromatic ring is 1. The van der Waals surface area contributed by atoms with E-state index in [2.05, 4.69) is 9.97 Å². The fourth-order valence-corrected chi connectivity index (χ4v) is 4.10. The van der Waals surface area contributed by atoms with Crippen LogP contribution in [-0.4, -0.2) is 25.6 Å². The molecule has 2 heterocycles. The molecule has 0 aliphatic carbocycles. The van der Waals surface area contributed by atoms with Crippen LogP contribution in [0.1, 0.15) is 16.2 Å². The minimum Gasteiger partial charge on any atom is -0.477 e. The van der Waals surface area contributed by atoms with Crippen molar-refractivity contribution in [3.8, 4) is 11.1 Å². The molecule has 0 bridgehead atoms. The monoisotopic (exact) mass is 412 g/mol. The number of carboxylic acids is 1. The van der Waals surface area contributed by atoms with Gasteiger partial charge in [0.05, 0.1) is 17.8 Å². The van der Waals surface area contributed by atoms with Crippen LogP contribution in [0, 0.1) is 5.82 Å². The number of carboxylic acid groups (broad SMARTS) is 1. The van der Waals surface area contributed by atoms with E-state index in [9.17, 15) is 14.3 Å².